The Balaban J connectivity index is 0.000000972. The van der Waals surface area contributed by atoms with Gasteiger partial charge in [-0.2, -0.15) is 0 Å². The molecular weight excluding hydrogens is 338 g/mol. The maximum absolute atomic E-state index is 11.9. The van der Waals surface area contributed by atoms with Gasteiger partial charge in [0.05, 0.1) is 12.5 Å². The van der Waals surface area contributed by atoms with Crippen LogP contribution >= 0.6 is 0 Å². The summed E-state index contributed by atoms with van der Waals surface area (Å²) in [6, 6.07) is 0. The van der Waals surface area contributed by atoms with Crippen LogP contribution in [0.15, 0.2) is 0 Å². The molecule has 1 amide bonds. The van der Waals surface area contributed by atoms with E-state index in [1.165, 1.54) is 51.4 Å². The summed E-state index contributed by atoms with van der Waals surface area (Å²) in [4.78, 5) is 25.7. The van der Waals surface area contributed by atoms with E-state index >= 15 is 0 Å². The average Bonchev–Trinajstić information content (AvgIpc) is 3.04. The fourth-order valence-corrected chi connectivity index (χ4v) is 3.20. The maximum Gasteiger partial charge on any atom is 0.311 e. The van der Waals surface area contributed by atoms with Gasteiger partial charge in [0, 0.05) is 19.5 Å². The van der Waals surface area contributed by atoms with E-state index in [0.29, 0.717) is 19.6 Å². The molecule has 4 nitrogen and oxygen atoms in total. The third kappa shape index (κ3) is 13.7. The van der Waals surface area contributed by atoms with E-state index in [2.05, 4.69) is 27.7 Å². The van der Waals surface area contributed by atoms with Crippen LogP contribution < -0.4 is 0 Å². The topological polar surface area (TPSA) is 46.6 Å². The number of amides is 1. The molecule has 160 valence electrons. The molecule has 0 spiro atoms. The maximum atomic E-state index is 11.9. The molecule has 1 atom stereocenters. The molecule has 0 aromatic heterocycles. The summed E-state index contributed by atoms with van der Waals surface area (Å²) in [5.74, 6) is -0.315. The van der Waals surface area contributed by atoms with Gasteiger partial charge in [0.1, 0.15) is 0 Å². The third-order valence-corrected chi connectivity index (χ3v) is 5.03. The van der Waals surface area contributed by atoms with Gasteiger partial charge in [0.25, 0.3) is 0 Å². The third-order valence-electron chi connectivity index (χ3n) is 5.03. The molecule has 0 N–H and O–H groups in total. The van der Waals surface area contributed by atoms with E-state index in [1.807, 2.05) is 4.90 Å². The predicted molar refractivity (Wildman–Crippen MR) is 114 cm³/mol. The number of nitrogens with zero attached hydrogens (tertiary/aromatic N) is 1. The van der Waals surface area contributed by atoms with Crippen LogP contribution in [0, 0.1) is 5.92 Å². The van der Waals surface area contributed by atoms with Crippen molar-refractivity contribution >= 4 is 11.9 Å². The number of likely N-dealkylation sites (tertiary alicyclic amines) is 1. The zero-order valence-electron chi connectivity index (χ0n) is 18.6. The normalized spacial score (nSPS) is 16.2. The molecule has 1 unspecified atom stereocenters. The Bertz CT molecular complexity index is 367. The van der Waals surface area contributed by atoms with Crippen LogP contribution in [0.4, 0.5) is 0 Å². The Morgan fingerprint density at radius 1 is 0.852 bits per heavy atom. The lowest BCUT2D eigenvalue weighted by Gasteiger charge is -2.16. The average molecular weight is 384 g/mol. The first-order chi connectivity index (χ1) is 13.1. The number of carbonyl (C=O) groups is 2. The van der Waals surface area contributed by atoms with Crippen LogP contribution in [-0.4, -0.2) is 36.5 Å². The molecule has 4 heteroatoms. The number of carbonyl (C=O) groups excluding carboxylic acids is 2. The summed E-state index contributed by atoms with van der Waals surface area (Å²) in [5.41, 5.74) is 0. The number of rotatable bonds is 14. The van der Waals surface area contributed by atoms with Gasteiger partial charge >= 0.3 is 5.97 Å². The summed E-state index contributed by atoms with van der Waals surface area (Å²) in [6.45, 7) is 10.6. The summed E-state index contributed by atoms with van der Waals surface area (Å²) >= 11 is 0. The molecule has 0 aromatic carbocycles. The fraction of sp³-hybridized carbons (Fsp3) is 0.913. The van der Waals surface area contributed by atoms with Crippen molar-refractivity contribution in [2.45, 2.75) is 111 Å². The van der Waals surface area contributed by atoms with Crippen LogP contribution in [0.5, 0.6) is 0 Å². The van der Waals surface area contributed by atoms with Crippen LogP contribution in [0.2, 0.25) is 0 Å². The Morgan fingerprint density at radius 2 is 1.37 bits per heavy atom. The van der Waals surface area contributed by atoms with Crippen LogP contribution in [0.1, 0.15) is 111 Å². The Hall–Kier alpha value is -1.06. The molecule has 1 fully saturated rings. The molecule has 0 aromatic rings. The number of hydrogen-bond acceptors (Lipinski definition) is 3. The number of ether oxygens (including phenoxy) is 1. The summed E-state index contributed by atoms with van der Waals surface area (Å²) in [5, 5.41) is 0. The molecule has 1 heterocycles. The van der Waals surface area contributed by atoms with Gasteiger partial charge in [-0.25, -0.2) is 0 Å². The quantitative estimate of drug-likeness (QED) is 0.268. The van der Waals surface area contributed by atoms with E-state index in [9.17, 15) is 9.59 Å². The summed E-state index contributed by atoms with van der Waals surface area (Å²) < 4.78 is 5.29. The zero-order chi connectivity index (χ0) is 20.3. The fourth-order valence-electron chi connectivity index (χ4n) is 3.20. The minimum atomic E-state index is -0.241. The van der Waals surface area contributed by atoms with Gasteiger partial charge in [-0.15, -0.1) is 0 Å². The largest absolute Gasteiger partial charge is 0.465 e. The number of hydrogen-bond donors (Lipinski definition) is 0. The van der Waals surface area contributed by atoms with Gasteiger partial charge in [-0.05, 0) is 12.8 Å². The molecular formula is C23H45NO3. The Kier molecular flexibility index (Phi) is 17.6. The highest BCUT2D eigenvalue weighted by Gasteiger charge is 2.34. The predicted octanol–water partition coefficient (Wildman–Crippen LogP) is 6.13. The molecule has 0 saturated carbocycles. The van der Waals surface area contributed by atoms with Gasteiger partial charge < -0.3 is 9.64 Å². The first-order valence-corrected chi connectivity index (χ1v) is 11.5. The van der Waals surface area contributed by atoms with Crippen molar-refractivity contribution in [1.29, 1.82) is 0 Å². The number of unbranched alkanes of at least 4 members (excludes halogenated alkanes) is 9. The molecule has 0 radical (unpaired) electrons. The van der Waals surface area contributed by atoms with Crippen molar-refractivity contribution in [3.63, 3.8) is 0 Å². The van der Waals surface area contributed by atoms with Crippen LogP contribution in [0.25, 0.3) is 0 Å². The van der Waals surface area contributed by atoms with E-state index in [4.69, 9.17) is 4.74 Å². The second-order valence-corrected chi connectivity index (χ2v) is 7.74. The van der Waals surface area contributed by atoms with Gasteiger partial charge in [0.2, 0.25) is 5.91 Å². The van der Waals surface area contributed by atoms with Crippen molar-refractivity contribution < 1.29 is 14.3 Å². The summed E-state index contributed by atoms with van der Waals surface area (Å²) in [7, 11) is 0. The van der Waals surface area contributed by atoms with Gasteiger partial charge in [-0.1, -0.05) is 91.9 Å². The van der Waals surface area contributed by atoms with Crippen molar-refractivity contribution in [2.75, 3.05) is 19.7 Å². The molecule has 1 aliphatic rings. The number of esters is 1. The van der Waals surface area contributed by atoms with Crippen LogP contribution in [0.3, 0.4) is 0 Å². The minimum absolute atomic E-state index is 0.111. The first-order valence-electron chi connectivity index (χ1n) is 11.5. The molecule has 0 bridgehead atoms. The van der Waals surface area contributed by atoms with Crippen molar-refractivity contribution in [3.8, 4) is 0 Å². The van der Waals surface area contributed by atoms with E-state index < -0.39 is 0 Å². The monoisotopic (exact) mass is 383 g/mol. The van der Waals surface area contributed by atoms with Gasteiger partial charge in [-0.3, -0.25) is 9.59 Å². The van der Waals surface area contributed by atoms with Crippen molar-refractivity contribution in [2.24, 2.45) is 5.92 Å². The minimum Gasteiger partial charge on any atom is -0.465 e. The Labute approximate surface area is 168 Å². The lowest BCUT2D eigenvalue weighted by molar-refractivity contribution is -0.148. The van der Waals surface area contributed by atoms with Crippen molar-refractivity contribution in [1.82, 2.24) is 4.90 Å². The zero-order valence-corrected chi connectivity index (χ0v) is 18.6. The molecule has 0 aliphatic carbocycles. The Morgan fingerprint density at radius 3 is 1.93 bits per heavy atom. The second kappa shape index (κ2) is 18.3. The van der Waals surface area contributed by atoms with E-state index in [-0.39, 0.29) is 17.8 Å². The molecule has 1 aliphatic heterocycles. The summed E-state index contributed by atoms with van der Waals surface area (Å²) in [6.07, 6.45) is 14.9. The van der Waals surface area contributed by atoms with E-state index in [1.54, 1.807) is 0 Å². The lowest BCUT2D eigenvalue weighted by atomic mass is 10.1. The molecule has 1 rings (SSSR count). The van der Waals surface area contributed by atoms with Gasteiger partial charge in [0.15, 0.2) is 0 Å². The highest BCUT2D eigenvalue weighted by molar-refractivity contribution is 5.86. The lowest BCUT2D eigenvalue weighted by Crippen LogP contribution is -2.27. The first kappa shape index (κ1) is 25.9. The molecule has 1 saturated heterocycles. The van der Waals surface area contributed by atoms with Crippen molar-refractivity contribution in [3.05, 3.63) is 0 Å². The van der Waals surface area contributed by atoms with E-state index in [0.717, 1.165) is 32.2 Å². The van der Waals surface area contributed by atoms with Crippen LogP contribution in [-0.2, 0) is 14.3 Å². The smallest absolute Gasteiger partial charge is 0.311 e. The highest BCUT2D eigenvalue weighted by Crippen LogP contribution is 2.20. The highest BCUT2D eigenvalue weighted by atomic mass is 16.5. The molecule has 27 heavy (non-hydrogen) atoms. The second-order valence-electron chi connectivity index (χ2n) is 7.74. The standard InChI is InChI=1S/C17H31NO3.C6H14/c1-3-5-7-9-11-18-14-15(13-16(18)19)17(20)21-12-10-8-6-4-2;1-3-5-6-4-2/h15H,3-14H2,1-2H3;3-6H2,1-2H3. The SMILES string of the molecule is CCCCCC.CCCCCCOC(=O)C1CC(=O)N(CCCCCC)C1.